The average Bonchev–Trinajstić information content (AvgIpc) is 3.24. The smallest absolute Gasteiger partial charge is 0.203 e. The van der Waals surface area contributed by atoms with Gasteiger partial charge in [0.25, 0.3) is 0 Å². The molecule has 0 spiro atoms. The molecular formula is C36H36N2O6. The van der Waals surface area contributed by atoms with E-state index in [4.69, 9.17) is 23.7 Å². The lowest BCUT2D eigenvalue weighted by atomic mass is 9.78. The molecule has 0 bridgehead atoms. The monoisotopic (exact) mass is 592 g/mol. The average molecular weight is 593 g/mol. The van der Waals surface area contributed by atoms with Crippen LogP contribution in [0.5, 0.6) is 28.7 Å². The van der Waals surface area contributed by atoms with Gasteiger partial charge in [-0.05, 0) is 65.4 Å². The van der Waals surface area contributed by atoms with E-state index in [1.54, 1.807) is 28.4 Å². The number of anilines is 2. The van der Waals surface area contributed by atoms with E-state index in [0.29, 0.717) is 53.8 Å². The first-order chi connectivity index (χ1) is 21.5. The van der Waals surface area contributed by atoms with Crippen LogP contribution in [0.25, 0.3) is 0 Å². The van der Waals surface area contributed by atoms with Crippen LogP contribution in [-0.4, -0.2) is 34.2 Å². The van der Waals surface area contributed by atoms with E-state index in [1.807, 2.05) is 84.9 Å². The standard InChI is InChI=1S/C36H36N2O6/c1-40-30-15-14-23(18-31(30)44-21-22-10-6-5-7-11-22)35-34-28(37-26-12-8-9-13-27(26)38-35)16-24(17-29(34)39)25-19-32(41-2)36(43-4)33(20-25)42-3/h5-15,18-20,24,35,37-38H,16-17,21H2,1-4H3. The van der Waals surface area contributed by atoms with Crippen LogP contribution >= 0.6 is 0 Å². The number of nitrogens with one attached hydrogen (secondary N) is 2. The summed E-state index contributed by atoms with van der Waals surface area (Å²) in [6.07, 6.45) is 0.959. The lowest BCUT2D eigenvalue weighted by Crippen LogP contribution is -2.27. The first kappa shape index (κ1) is 29.0. The molecule has 44 heavy (non-hydrogen) atoms. The Balaban J connectivity index is 1.40. The van der Waals surface area contributed by atoms with Gasteiger partial charge >= 0.3 is 0 Å². The van der Waals surface area contributed by atoms with E-state index in [-0.39, 0.29) is 11.7 Å². The van der Waals surface area contributed by atoms with Gasteiger partial charge in [-0.25, -0.2) is 0 Å². The number of carbonyl (C=O) groups is 1. The second kappa shape index (κ2) is 12.6. The third-order valence-corrected chi connectivity index (χ3v) is 8.23. The summed E-state index contributed by atoms with van der Waals surface area (Å²) in [7, 11) is 6.41. The molecule has 2 aliphatic rings. The van der Waals surface area contributed by atoms with Crippen molar-refractivity contribution < 1.29 is 28.5 Å². The number of Topliss-reactive ketones (excluding diaryl/α,β-unsaturated/α-hetero) is 1. The Morgan fingerprint density at radius 2 is 1.34 bits per heavy atom. The molecule has 0 amide bonds. The summed E-state index contributed by atoms with van der Waals surface area (Å²) in [5, 5.41) is 7.26. The van der Waals surface area contributed by atoms with Crippen molar-refractivity contribution in [3.05, 3.63) is 113 Å². The van der Waals surface area contributed by atoms with Crippen molar-refractivity contribution in [3.8, 4) is 28.7 Å². The highest BCUT2D eigenvalue weighted by atomic mass is 16.5. The second-order valence-corrected chi connectivity index (χ2v) is 10.8. The highest BCUT2D eigenvalue weighted by molar-refractivity contribution is 6.01. The molecule has 6 rings (SSSR count). The van der Waals surface area contributed by atoms with Crippen molar-refractivity contribution in [1.82, 2.24) is 0 Å². The van der Waals surface area contributed by atoms with Crippen molar-refractivity contribution in [2.24, 2.45) is 0 Å². The molecule has 0 aromatic heterocycles. The topological polar surface area (TPSA) is 87.3 Å². The van der Waals surface area contributed by atoms with Crippen molar-refractivity contribution >= 4 is 17.2 Å². The fourth-order valence-electron chi connectivity index (χ4n) is 6.04. The van der Waals surface area contributed by atoms with Crippen molar-refractivity contribution in [1.29, 1.82) is 0 Å². The minimum Gasteiger partial charge on any atom is -0.493 e. The Labute approximate surface area is 257 Å². The van der Waals surface area contributed by atoms with Gasteiger partial charge in [-0.3, -0.25) is 4.79 Å². The molecule has 4 aromatic carbocycles. The molecule has 1 heterocycles. The van der Waals surface area contributed by atoms with E-state index in [0.717, 1.165) is 33.8 Å². The minimum atomic E-state index is -0.403. The van der Waals surface area contributed by atoms with E-state index >= 15 is 0 Å². The van der Waals surface area contributed by atoms with Gasteiger partial charge in [0, 0.05) is 17.7 Å². The highest BCUT2D eigenvalue weighted by Crippen LogP contribution is 2.47. The van der Waals surface area contributed by atoms with E-state index in [9.17, 15) is 4.79 Å². The van der Waals surface area contributed by atoms with Crippen LogP contribution in [-0.2, 0) is 11.4 Å². The first-order valence-corrected chi connectivity index (χ1v) is 14.6. The number of ether oxygens (including phenoxy) is 5. The Bertz CT molecular complexity index is 1680. The van der Waals surface area contributed by atoms with E-state index < -0.39 is 6.04 Å². The molecule has 0 fully saturated rings. The predicted molar refractivity (Wildman–Crippen MR) is 170 cm³/mol. The Morgan fingerprint density at radius 3 is 2.02 bits per heavy atom. The fourth-order valence-corrected chi connectivity index (χ4v) is 6.04. The maximum Gasteiger partial charge on any atom is 0.203 e. The molecule has 0 radical (unpaired) electrons. The summed E-state index contributed by atoms with van der Waals surface area (Å²) in [6, 6.07) is 27.3. The van der Waals surface area contributed by atoms with Gasteiger partial charge in [0.1, 0.15) is 6.61 Å². The first-order valence-electron chi connectivity index (χ1n) is 14.6. The van der Waals surface area contributed by atoms with Crippen LogP contribution in [0.3, 0.4) is 0 Å². The third-order valence-electron chi connectivity index (χ3n) is 8.23. The highest BCUT2D eigenvalue weighted by Gasteiger charge is 2.37. The normalized spacial score (nSPS) is 17.3. The molecule has 8 heteroatoms. The number of benzene rings is 4. The number of hydrogen-bond donors (Lipinski definition) is 2. The fraction of sp³-hybridized carbons (Fsp3) is 0.250. The number of carbonyl (C=O) groups excluding carboxylic acids is 1. The predicted octanol–water partition coefficient (Wildman–Crippen LogP) is 7.28. The molecule has 8 nitrogen and oxygen atoms in total. The maximum atomic E-state index is 14.2. The molecule has 4 aromatic rings. The number of rotatable bonds is 9. The summed E-state index contributed by atoms with van der Waals surface area (Å²) in [6.45, 7) is 0.395. The number of hydrogen-bond acceptors (Lipinski definition) is 8. The van der Waals surface area contributed by atoms with Gasteiger partial charge in [0.2, 0.25) is 5.75 Å². The Morgan fingerprint density at radius 1 is 0.682 bits per heavy atom. The van der Waals surface area contributed by atoms with Gasteiger partial charge < -0.3 is 34.3 Å². The van der Waals surface area contributed by atoms with Crippen LogP contribution < -0.4 is 34.3 Å². The van der Waals surface area contributed by atoms with Gasteiger partial charge in [-0.2, -0.15) is 0 Å². The van der Waals surface area contributed by atoms with Gasteiger partial charge in [0.15, 0.2) is 28.8 Å². The van der Waals surface area contributed by atoms with E-state index in [2.05, 4.69) is 10.6 Å². The summed E-state index contributed by atoms with van der Waals surface area (Å²) in [5.41, 5.74) is 6.32. The molecule has 0 saturated heterocycles. The van der Waals surface area contributed by atoms with Crippen molar-refractivity contribution in [2.45, 2.75) is 31.4 Å². The van der Waals surface area contributed by atoms with E-state index in [1.165, 1.54) is 0 Å². The molecule has 1 aliphatic heterocycles. The second-order valence-electron chi connectivity index (χ2n) is 10.8. The molecule has 2 N–H and O–H groups in total. The van der Waals surface area contributed by atoms with Crippen LogP contribution in [0.2, 0.25) is 0 Å². The summed E-state index contributed by atoms with van der Waals surface area (Å²) < 4.78 is 28.6. The zero-order chi connectivity index (χ0) is 30.6. The summed E-state index contributed by atoms with van der Waals surface area (Å²) >= 11 is 0. The quantitative estimate of drug-likeness (QED) is 0.210. The van der Waals surface area contributed by atoms with Gasteiger partial charge in [0.05, 0.1) is 45.9 Å². The number of methoxy groups -OCH3 is 4. The summed E-state index contributed by atoms with van der Waals surface area (Å²) in [5.74, 6) is 2.86. The van der Waals surface area contributed by atoms with Crippen LogP contribution in [0.1, 0.15) is 41.5 Å². The van der Waals surface area contributed by atoms with Crippen molar-refractivity contribution in [3.63, 3.8) is 0 Å². The lowest BCUT2D eigenvalue weighted by Gasteiger charge is -2.30. The molecule has 0 saturated carbocycles. The third kappa shape index (κ3) is 5.63. The molecule has 2 atom stereocenters. The zero-order valence-corrected chi connectivity index (χ0v) is 25.3. The Hall–Kier alpha value is -5.11. The number of para-hydroxylation sites is 2. The SMILES string of the molecule is COc1ccc(C2Nc3ccccc3NC3=C2C(=O)CC(c2cc(OC)c(OC)c(OC)c2)C3)cc1OCc1ccccc1. The molecule has 226 valence electrons. The van der Waals surface area contributed by atoms with Crippen LogP contribution in [0, 0.1) is 0 Å². The Kier molecular flexibility index (Phi) is 8.32. The van der Waals surface area contributed by atoms with Gasteiger partial charge in [-0.1, -0.05) is 48.5 Å². The zero-order valence-electron chi connectivity index (χ0n) is 25.3. The molecule has 1 aliphatic carbocycles. The maximum absolute atomic E-state index is 14.2. The minimum absolute atomic E-state index is 0.0605. The molecule has 2 unspecified atom stereocenters. The largest absolute Gasteiger partial charge is 0.493 e. The van der Waals surface area contributed by atoms with Crippen LogP contribution in [0.4, 0.5) is 11.4 Å². The number of ketones is 1. The number of allylic oxidation sites excluding steroid dienone is 1. The number of fused-ring (bicyclic) bond motifs is 1. The summed E-state index contributed by atoms with van der Waals surface area (Å²) in [4.78, 5) is 14.2. The molecular weight excluding hydrogens is 556 g/mol. The van der Waals surface area contributed by atoms with Gasteiger partial charge in [-0.15, -0.1) is 0 Å². The van der Waals surface area contributed by atoms with Crippen LogP contribution in [0.15, 0.2) is 96.2 Å². The van der Waals surface area contributed by atoms with Crippen molar-refractivity contribution in [2.75, 3.05) is 39.1 Å². The lowest BCUT2D eigenvalue weighted by molar-refractivity contribution is -0.116.